The number of primary amides is 1. The van der Waals surface area contributed by atoms with Gasteiger partial charge in [0.15, 0.2) is 0 Å². The summed E-state index contributed by atoms with van der Waals surface area (Å²) < 4.78 is 50.7. The number of hydrogen-bond acceptors (Lipinski definition) is 3. The normalized spacial score (nSPS) is 19.0. The van der Waals surface area contributed by atoms with E-state index in [9.17, 15) is 22.4 Å². The summed E-state index contributed by atoms with van der Waals surface area (Å²) in [6, 6.07) is 8.27. The number of carbonyl (C=O) groups excluding carboxylic acids is 1. The lowest BCUT2D eigenvalue weighted by molar-refractivity contribution is -0.146. The largest absolute Gasteiger partial charge is 0.368 e. The third-order valence-corrected chi connectivity index (χ3v) is 3.91. The van der Waals surface area contributed by atoms with Gasteiger partial charge in [0.2, 0.25) is 5.91 Å². The lowest BCUT2D eigenvalue weighted by atomic mass is 10.0. The molecule has 128 valence electrons. The van der Waals surface area contributed by atoms with E-state index in [2.05, 4.69) is 0 Å². The fraction of sp³-hybridized carbons (Fsp3) is 0.533. The quantitative estimate of drug-likeness (QED) is 0.807. The molecular formula is C15H19F4N3O. The third kappa shape index (κ3) is 4.42. The van der Waals surface area contributed by atoms with E-state index in [0.29, 0.717) is 13.1 Å². The molecule has 0 bridgehead atoms. The van der Waals surface area contributed by atoms with Gasteiger partial charge in [-0.05, 0) is 5.56 Å². The molecule has 1 amide bonds. The van der Waals surface area contributed by atoms with Crippen molar-refractivity contribution >= 4 is 5.91 Å². The number of nitrogens with zero attached hydrogens (tertiary/aromatic N) is 2. The summed E-state index contributed by atoms with van der Waals surface area (Å²) in [6.07, 6.45) is -3.68. The van der Waals surface area contributed by atoms with E-state index in [4.69, 9.17) is 5.73 Å². The van der Waals surface area contributed by atoms with Gasteiger partial charge in [-0.15, -0.1) is 0 Å². The van der Waals surface area contributed by atoms with Crippen LogP contribution in [0, 0.1) is 0 Å². The molecule has 1 fully saturated rings. The molecule has 0 saturated carbocycles. The minimum Gasteiger partial charge on any atom is -0.368 e. The number of amides is 1. The Morgan fingerprint density at radius 2 is 1.70 bits per heavy atom. The molecule has 23 heavy (non-hydrogen) atoms. The van der Waals surface area contributed by atoms with Crippen LogP contribution in [0.15, 0.2) is 30.3 Å². The zero-order valence-corrected chi connectivity index (χ0v) is 12.5. The second-order valence-corrected chi connectivity index (χ2v) is 5.59. The van der Waals surface area contributed by atoms with Crippen LogP contribution in [0.5, 0.6) is 0 Å². The molecule has 0 aliphatic carbocycles. The highest BCUT2D eigenvalue weighted by atomic mass is 19.3. The molecule has 1 atom stereocenters. The number of halogens is 4. The zero-order chi connectivity index (χ0) is 17.0. The van der Waals surface area contributed by atoms with Crippen molar-refractivity contribution in [3.8, 4) is 0 Å². The number of rotatable bonds is 6. The van der Waals surface area contributed by atoms with Crippen LogP contribution < -0.4 is 5.73 Å². The number of alkyl halides is 4. The number of carbonyl (C=O) groups is 1. The number of nitrogens with two attached hydrogens (primary N) is 1. The monoisotopic (exact) mass is 333 g/mol. The average molecular weight is 333 g/mol. The van der Waals surface area contributed by atoms with Gasteiger partial charge in [0.05, 0.1) is 6.54 Å². The van der Waals surface area contributed by atoms with Crippen LogP contribution in [0.25, 0.3) is 0 Å². The highest BCUT2D eigenvalue weighted by molar-refractivity contribution is 5.81. The topological polar surface area (TPSA) is 49.6 Å². The summed E-state index contributed by atoms with van der Waals surface area (Å²) >= 11 is 0. The first kappa shape index (κ1) is 17.7. The van der Waals surface area contributed by atoms with Gasteiger partial charge in [0, 0.05) is 26.2 Å². The van der Waals surface area contributed by atoms with E-state index >= 15 is 0 Å². The maximum Gasteiger partial charge on any atom is 0.319 e. The minimum absolute atomic E-state index is 0.179. The highest BCUT2D eigenvalue weighted by Gasteiger charge is 2.43. The van der Waals surface area contributed by atoms with Crippen molar-refractivity contribution in [3.05, 3.63) is 35.9 Å². The van der Waals surface area contributed by atoms with E-state index < -0.39 is 30.8 Å². The summed E-state index contributed by atoms with van der Waals surface area (Å²) in [6.45, 7) is -0.00737. The van der Waals surface area contributed by atoms with Gasteiger partial charge in [-0.25, -0.2) is 8.78 Å². The van der Waals surface area contributed by atoms with Gasteiger partial charge in [-0.2, -0.15) is 8.78 Å². The molecule has 1 aromatic rings. The van der Waals surface area contributed by atoms with Crippen LogP contribution in [0.3, 0.4) is 0 Å². The summed E-state index contributed by atoms with van der Waals surface area (Å²) in [4.78, 5) is 14.8. The van der Waals surface area contributed by atoms with Crippen molar-refractivity contribution in [2.75, 3.05) is 32.7 Å². The van der Waals surface area contributed by atoms with Crippen molar-refractivity contribution < 1.29 is 22.4 Å². The molecular weight excluding hydrogens is 314 g/mol. The molecule has 0 radical (unpaired) electrons. The Morgan fingerprint density at radius 1 is 1.13 bits per heavy atom. The Hall–Kier alpha value is -1.67. The predicted molar refractivity (Wildman–Crippen MR) is 77.3 cm³/mol. The molecule has 1 aliphatic heterocycles. The fourth-order valence-corrected chi connectivity index (χ4v) is 2.74. The Balaban J connectivity index is 1.98. The standard InChI is InChI=1S/C15H19F4N3O/c16-14(17)15(18,19)10-21-6-8-22(9-7-21)12(13(20)23)11-4-2-1-3-5-11/h1-5,12,14H,6-10H2,(H2,20,23)/t12-/m0/s1. The molecule has 0 unspecified atom stereocenters. The van der Waals surface area contributed by atoms with E-state index in [1.54, 1.807) is 29.2 Å². The Morgan fingerprint density at radius 3 is 2.17 bits per heavy atom. The molecule has 0 spiro atoms. The van der Waals surface area contributed by atoms with Crippen molar-refractivity contribution in [2.45, 2.75) is 18.4 Å². The van der Waals surface area contributed by atoms with E-state index in [-0.39, 0.29) is 13.1 Å². The second-order valence-electron chi connectivity index (χ2n) is 5.59. The Bertz CT molecular complexity index is 519. The molecule has 8 heteroatoms. The van der Waals surface area contributed by atoms with Crippen molar-refractivity contribution in [1.82, 2.24) is 9.80 Å². The Labute approximate surface area is 131 Å². The summed E-state index contributed by atoms with van der Waals surface area (Å²) in [7, 11) is 0. The summed E-state index contributed by atoms with van der Waals surface area (Å²) in [5.41, 5.74) is 6.19. The average Bonchev–Trinajstić information content (AvgIpc) is 2.49. The van der Waals surface area contributed by atoms with E-state index in [1.165, 1.54) is 4.90 Å². The smallest absolute Gasteiger partial charge is 0.319 e. The predicted octanol–water partition coefficient (Wildman–Crippen LogP) is 1.73. The van der Waals surface area contributed by atoms with Crippen LogP contribution >= 0.6 is 0 Å². The fourth-order valence-electron chi connectivity index (χ4n) is 2.74. The van der Waals surface area contributed by atoms with Gasteiger partial charge in [0.25, 0.3) is 0 Å². The highest BCUT2D eigenvalue weighted by Crippen LogP contribution is 2.26. The molecule has 1 heterocycles. The second kappa shape index (κ2) is 7.27. The molecule has 4 nitrogen and oxygen atoms in total. The van der Waals surface area contributed by atoms with Crippen LogP contribution in [0.2, 0.25) is 0 Å². The SMILES string of the molecule is NC(=O)[C@H](c1ccccc1)N1CCN(CC(F)(F)C(F)F)CC1. The maximum atomic E-state index is 13.1. The first-order chi connectivity index (χ1) is 10.8. The number of hydrogen-bond donors (Lipinski definition) is 1. The van der Waals surface area contributed by atoms with Crippen LogP contribution in [0.4, 0.5) is 17.6 Å². The molecule has 1 aliphatic rings. The van der Waals surface area contributed by atoms with Crippen molar-refractivity contribution in [2.24, 2.45) is 5.73 Å². The van der Waals surface area contributed by atoms with Crippen LogP contribution in [-0.2, 0) is 4.79 Å². The maximum absolute atomic E-state index is 13.1. The third-order valence-electron chi connectivity index (χ3n) is 3.91. The minimum atomic E-state index is -4.02. The molecule has 1 saturated heterocycles. The first-order valence-corrected chi connectivity index (χ1v) is 7.28. The number of benzene rings is 1. The van der Waals surface area contributed by atoms with Gasteiger partial charge < -0.3 is 5.73 Å². The van der Waals surface area contributed by atoms with E-state index in [1.807, 2.05) is 6.07 Å². The van der Waals surface area contributed by atoms with Crippen LogP contribution in [0.1, 0.15) is 11.6 Å². The number of piperazine rings is 1. The molecule has 2 rings (SSSR count). The van der Waals surface area contributed by atoms with Crippen molar-refractivity contribution in [1.29, 1.82) is 0 Å². The van der Waals surface area contributed by atoms with Crippen molar-refractivity contribution in [3.63, 3.8) is 0 Å². The van der Waals surface area contributed by atoms with E-state index in [0.717, 1.165) is 5.56 Å². The molecule has 1 aromatic carbocycles. The Kier molecular flexibility index (Phi) is 5.59. The first-order valence-electron chi connectivity index (χ1n) is 7.28. The van der Waals surface area contributed by atoms with Crippen LogP contribution in [-0.4, -0.2) is 60.8 Å². The zero-order valence-electron chi connectivity index (χ0n) is 12.5. The lowest BCUT2D eigenvalue weighted by Gasteiger charge is -2.39. The van der Waals surface area contributed by atoms with Gasteiger partial charge >= 0.3 is 12.3 Å². The summed E-state index contributed by atoms with van der Waals surface area (Å²) in [5.74, 6) is -4.55. The van der Waals surface area contributed by atoms with Gasteiger partial charge in [-0.3, -0.25) is 14.6 Å². The summed E-state index contributed by atoms with van der Waals surface area (Å²) in [5, 5.41) is 0. The van der Waals surface area contributed by atoms with Gasteiger partial charge in [-0.1, -0.05) is 30.3 Å². The van der Waals surface area contributed by atoms with Gasteiger partial charge in [0.1, 0.15) is 6.04 Å². The lowest BCUT2D eigenvalue weighted by Crippen LogP contribution is -2.53. The molecule has 2 N–H and O–H groups in total. The molecule has 0 aromatic heterocycles.